The van der Waals surface area contributed by atoms with E-state index in [1.54, 1.807) is 11.1 Å². The predicted molar refractivity (Wildman–Crippen MR) is 188 cm³/mol. The molecule has 0 atom stereocenters. The van der Waals surface area contributed by atoms with E-state index in [2.05, 4.69) is 51.1 Å². The Balaban J connectivity index is 0.000000588. The summed E-state index contributed by atoms with van der Waals surface area (Å²) in [7, 11) is 4.17. The van der Waals surface area contributed by atoms with Gasteiger partial charge in [0.25, 0.3) is 5.91 Å². The fourth-order valence-corrected chi connectivity index (χ4v) is 6.63. The number of amides is 1. The van der Waals surface area contributed by atoms with Gasteiger partial charge in [-0.2, -0.15) is 0 Å². The number of nitrogens with one attached hydrogen (secondary N) is 1. The Labute approximate surface area is 286 Å². The number of benzene rings is 1. The Morgan fingerprint density at radius 3 is 2.50 bits per heavy atom. The van der Waals surface area contributed by atoms with E-state index >= 15 is 0 Å². The van der Waals surface area contributed by atoms with Crippen molar-refractivity contribution in [3.63, 3.8) is 0 Å². The average molecular weight is 664 g/mol. The highest BCUT2D eigenvalue weighted by molar-refractivity contribution is 5.97. The minimum Gasteiger partial charge on any atom is -0.490 e. The van der Waals surface area contributed by atoms with Crippen molar-refractivity contribution in [3.8, 4) is 17.2 Å². The van der Waals surface area contributed by atoms with Gasteiger partial charge in [-0.1, -0.05) is 20.8 Å². The van der Waals surface area contributed by atoms with Crippen molar-refractivity contribution in [2.24, 2.45) is 5.41 Å². The number of nitrogens with zero attached hydrogens (tertiary/aromatic N) is 6. The van der Waals surface area contributed by atoms with E-state index in [1.165, 1.54) is 43.1 Å². The summed E-state index contributed by atoms with van der Waals surface area (Å²) in [4.78, 5) is 32.5. The van der Waals surface area contributed by atoms with Gasteiger partial charge in [-0.25, -0.2) is 14.4 Å². The lowest BCUT2D eigenvalue weighted by atomic mass is 9.61. The first kappa shape index (κ1) is 37.0. The van der Waals surface area contributed by atoms with Crippen molar-refractivity contribution in [1.82, 2.24) is 30.1 Å². The first-order chi connectivity index (χ1) is 23.1. The molecule has 262 valence electrons. The molecule has 2 fully saturated rings. The van der Waals surface area contributed by atoms with Crippen molar-refractivity contribution in [3.05, 3.63) is 65.6 Å². The maximum absolute atomic E-state index is 14.2. The van der Waals surface area contributed by atoms with E-state index in [9.17, 15) is 9.18 Å². The Bertz CT molecular complexity index is 1490. The highest BCUT2D eigenvalue weighted by Gasteiger charge is 2.54. The number of carbonyl (C=O) groups excluding carboxylic acids is 1. The van der Waals surface area contributed by atoms with Gasteiger partial charge < -0.3 is 29.5 Å². The molecule has 48 heavy (non-hydrogen) atoms. The molecule has 2 aliphatic heterocycles. The number of anilines is 1. The zero-order valence-electron chi connectivity index (χ0n) is 30.1. The Morgan fingerprint density at radius 2 is 1.85 bits per heavy atom. The standard InChI is InChI=1S/C30H35FN6O3.C5H13N.C2H6/c1-4-37(19(2)3)29(38)22-11-20(31)5-6-25(22)40-27-15-33-18-35-28(27)36-16-30(17-36)12-21(13-30)39-26-8-10-34-24-7-9-32-14-23(24)26;1-4-5-6(2)3;1-2/h5-6,8,10-11,15,18-19,21,32H,4,7,9,12-14,16-17H2,1-3H3;4-5H2,1-3H3;1-2H3. The second kappa shape index (κ2) is 17.0. The van der Waals surface area contributed by atoms with E-state index in [0.29, 0.717) is 18.1 Å². The number of fused-ring (bicyclic) bond motifs is 1. The van der Waals surface area contributed by atoms with E-state index in [0.717, 1.165) is 56.9 Å². The highest BCUT2D eigenvalue weighted by atomic mass is 19.1. The molecule has 1 aromatic carbocycles. The normalized spacial score (nSPS) is 16.1. The average Bonchev–Trinajstić information content (AvgIpc) is 3.04. The number of carbonyl (C=O) groups is 1. The van der Waals surface area contributed by atoms with Crippen LogP contribution in [-0.4, -0.2) is 89.6 Å². The third kappa shape index (κ3) is 8.79. The molecule has 1 saturated carbocycles. The maximum Gasteiger partial charge on any atom is 0.257 e. The van der Waals surface area contributed by atoms with Crippen LogP contribution in [0.2, 0.25) is 0 Å². The van der Waals surface area contributed by atoms with E-state index in [4.69, 9.17) is 9.47 Å². The van der Waals surface area contributed by atoms with Crippen LogP contribution in [0.15, 0.2) is 43.0 Å². The topological polar surface area (TPSA) is 96.0 Å². The van der Waals surface area contributed by atoms with Gasteiger partial charge in [-0.15, -0.1) is 0 Å². The van der Waals surface area contributed by atoms with Crippen LogP contribution in [0.4, 0.5) is 10.2 Å². The molecule has 0 unspecified atom stereocenters. The second-order valence-corrected chi connectivity index (χ2v) is 13.1. The van der Waals surface area contributed by atoms with Crippen LogP contribution >= 0.6 is 0 Å². The van der Waals surface area contributed by atoms with Gasteiger partial charge in [0.1, 0.15) is 29.7 Å². The summed E-state index contributed by atoms with van der Waals surface area (Å²) in [6.45, 7) is 17.1. The number of aromatic nitrogens is 3. The number of hydrogen-bond donors (Lipinski definition) is 1. The van der Waals surface area contributed by atoms with Crippen LogP contribution in [0.1, 0.15) is 82.4 Å². The number of pyridine rings is 1. The Kier molecular flexibility index (Phi) is 13.1. The van der Waals surface area contributed by atoms with Crippen molar-refractivity contribution in [1.29, 1.82) is 0 Å². The molecule has 3 aliphatic rings. The molecule has 0 bridgehead atoms. The van der Waals surface area contributed by atoms with E-state index < -0.39 is 5.82 Å². The summed E-state index contributed by atoms with van der Waals surface area (Å²) >= 11 is 0. The molecule has 10 nitrogen and oxygen atoms in total. The summed E-state index contributed by atoms with van der Waals surface area (Å²) < 4.78 is 26.8. The minimum atomic E-state index is -0.491. The van der Waals surface area contributed by atoms with Gasteiger partial charge in [-0.3, -0.25) is 9.78 Å². The van der Waals surface area contributed by atoms with E-state index in [1.807, 2.05) is 46.9 Å². The molecular weight excluding hydrogens is 609 g/mol. The van der Waals surface area contributed by atoms with Gasteiger partial charge >= 0.3 is 0 Å². The van der Waals surface area contributed by atoms with Crippen LogP contribution in [0.5, 0.6) is 17.2 Å². The third-order valence-corrected chi connectivity index (χ3v) is 8.86. The fraction of sp³-hybridized carbons (Fsp3) is 0.568. The van der Waals surface area contributed by atoms with Crippen LogP contribution in [0.3, 0.4) is 0 Å². The van der Waals surface area contributed by atoms with Crippen molar-refractivity contribution in [2.45, 2.75) is 85.9 Å². The maximum atomic E-state index is 14.2. The molecule has 3 aromatic rings. The second-order valence-electron chi connectivity index (χ2n) is 13.1. The molecule has 1 saturated heterocycles. The number of rotatable bonds is 10. The summed E-state index contributed by atoms with van der Waals surface area (Å²) in [5.74, 6) is 1.56. The first-order valence-corrected chi connectivity index (χ1v) is 17.4. The summed E-state index contributed by atoms with van der Waals surface area (Å²) in [6.07, 6.45) is 9.27. The van der Waals surface area contributed by atoms with Gasteiger partial charge in [-0.05, 0) is 84.9 Å². The number of halogens is 1. The van der Waals surface area contributed by atoms with Crippen LogP contribution in [0, 0.1) is 11.2 Å². The molecule has 1 amide bonds. The molecule has 4 heterocycles. The van der Waals surface area contributed by atoms with Gasteiger partial charge in [0.2, 0.25) is 0 Å². The van der Waals surface area contributed by atoms with Crippen molar-refractivity contribution < 1.29 is 18.7 Å². The lowest BCUT2D eigenvalue weighted by Gasteiger charge is -2.59. The first-order valence-electron chi connectivity index (χ1n) is 17.4. The Hall–Kier alpha value is -3.83. The molecule has 2 aromatic heterocycles. The molecule has 1 spiro atoms. The molecule has 1 aliphatic carbocycles. The summed E-state index contributed by atoms with van der Waals surface area (Å²) in [6, 6.07) is 5.97. The van der Waals surface area contributed by atoms with Crippen molar-refractivity contribution >= 4 is 11.7 Å². The smallest absolute Gasteiger partial charge is 0.257 e. The SMILES string of the molecule is CC.CCCN(C)C.CCN(C(=O)c1cc(F)ccc1Oc1cncnc1N1CC2(CC(Oc3ccnc4c3CNCC4)C2)C1)C(C)C. The molecule has 0 radical (unpaired) electrons. The fourth-order valence-electron chi connectivity index (χ4n) is 6.63. The van der Waals surface area contributed by atoms with Crippen LogP contribution in [-0.2, 0) is 13.0 Å². The number of hydrogen-bond acceptors (Lipinski definition) is 9. The summed E-state index contributed by atoms with van der Waals surface area (Å²) in [5, 5.41) is 3.41. The monoisotopic (exact) mass is 663 g/mol. The quantitative estimate of drug-likeness (QED) is 0.266. The molecular formula is C37H54FN7O3. The largest absolute Gasteiger partial charge is 0.490 e. The van der Waals surface area contributed by atoms with Crippen LogP contribution < -0.4 is 19.7 Å². The number of ether oxygens (including phenoxy) is 2. The Morgan fingerprint density at radius 1 is 1.10 bits per heavy atom. The molecule has 6 rings (SSSR count). The molecule has 11 heteroatoms. The lowest BCUT2D eigenvalue weighted by molar-refractivity contribution is -0.0349. The van der Waals surface area contributed by atoms with Gasteiger partial charge in [0.05, 0.1) is 11.8 Å². The zero-order valence-corrected chi connectivity index (χ0v) is 30.1. The van der Waals surface area contributed by atoms with E-state index in [-0.39, 0.29) is 34.8 Å². The predicted octanol–water partition coefficient (Wildman–Crippen LogP) is 6.35. The third-order valence-electron chi connectivity index (χ3n) is 8.86. The van der Waals surface area contributed by atoms with Crippen molar-refractivity contribution in [2.75, 3.05) is 51.7 Å². The van der Waals surface area contributed by atoms with Gasteiger partial charge in [0, 0.05) is 68.1 Å². The zero-order chi connectivity index (χ0) is 34.8. The summed E-state index contributed by atoms with van der Waals surface area (Å²) in [5.41, 5.74) is 2.68. The van der Waals surface area contributed by atoms with Crippen LogP contribution in [0.25, 0.3) is 0 Å². The van der Waals surface area contributed by atoms with Gasteiger partial charge in [0.15, 0.2) is 11.6 Å². The highest BCUT2D eigenvalue weighted by Crippen LogP contribution is 2.52. The lowest BCUT2D eigenvalue weighted by Crippen LogP contribution is -2.65. The minimum absolute atomic E-state index is 0.0301. The molecule has 1 N–H and O–H groups in total.